The van der Waals surface area contributed by atoms with E-state index in [2.05, 4.69) is 16.2 Å². The van der Waals surface area contributed by atoms with Crippen LogP contribution in [0.3, 0.4) is 0 Å². The molecular formula is C18H27N3O5. The van der Waals surface area contributed by atoms with Gasteiger partial charge in [0.15, 0.2) is 6.10 Å². The summed E-state index contributed by atoms with van der Waals surface area (Å²) in [7, 11) is 0. The highest BCUT2D eigenvalue weighted by Crippen LogP contribution is 2.18. The van der Waals surface area contributed by atoms with E-state index >= 15 is 0 Å². The summed E-state index contributed by atoms with van der Waals surface area (Å²) in [5, 5.41) is 2.54. The lowest BCUT2D eigenvalue weighted by Gasteiger charge is -2.22. The molecule has 1 rings (SSSR count). The van der Waals surface area contributed by atoms with E-state index in [1.165, 1.54) is 6.92 Å². The number of hydrazine groups is 1. The van der Waals surface area contributed by atoms with Crippen molar-refractivity contribution in [2.24, 2.45) is 5.92 Å². The Morgan fingerprint density at radius 3 is 2.00 bits per heavy atom. The fourth-order valence-corrected chi connectivity index (χ4v) is 2.10. The normalized spacial score (nSPS) is 12.7. The van der Waals surface area contributed by atoms with Crippen LogP contribution in [0.2, 0.25) is 0 Å². The maximum atomic E-state index is 12.1. The van der Waals surface area contributed by atoms with Gasteiger partial charge in [-0.3, -0.25) is 25.2 Å². The van der Waals surface area contributed by atoms with Gasteiger partial charge in [-0.05, 0) is 44.0 Å². The summed E-state index contributed by atoms with van der Waals surface area (Å²) < 4.78 is 10.9. The second-order valence-corrected chi connectivity index (χ2v) is 6.07. The van der Waals surface area contributed by atoms with Crippen LogP contribution in [-0.2, 0) is 14.4 Å². The zero-order valence-electron chi connectivity index (χ0n) is 15.8. The van der Waals surface area contributed by atoms with E-state index < -0.39 is 24.0 Å². The van der Waals surface area contributed by atoms with Gasteiger partial charge in [0.1, 0.15) is 17.5 Å². The quantitative estimate of drug-likeness (QED) is 0.600. The summed E-state index contributed by atoms with van der Waals surface area (Å²) in [5.41, 5.74) is 4.61. The monoisotopic (exact) mass is 365 g/mol. The third-order valence-electron chi connectivity index (χ3n) is 3.43. The summed E-state index contributed by atoms with van der Waals surface area (Å²) in [4.78, 5) is 35.4. The first-order chi connectivity index (χ1) is 12.2. The Hall–Kier alpha value is -2.77. The topological polar surface area (TPSA) is 106 Å². The first-order valence-electron chi connectivity index (χ1n) is 8.50. The highest BCUT2D eigenvalue weighted by atomic mass is 16.5. The molecule has 2 atom stereocenters. The molecule has 0 radical (unpaired) electrons. The molecule has 8 heteroatoms. The van der Waals surface area contributed by atoms with E-state index in [0.717, 1.165) is 0 Å². The third kappa shape index (κ3) is 7.00. The molecule has 0 aromatic heterocycles. The lowest BCUT2D eigenvalue weighted by Crippen LogP contribution is -2.55. The second-order valence-electron chi connectivity index (χ2n) is 6.07. The molecule has 1 aromatic carbocycles. The average Bonchev–Trinajstić information content (AvgIpc) is 2.58. The largest absolute Gasteiger partial charge is 0.494 e. The van der Waals surface area contributed by atoms with Crippen LogP contribution in [-0.4, -0.2) is 36.5 Å². The summed E-state index contributed by atoms with van der Waals surface area (Å²) in [6.07, 6.45) is -0.827. The number of hydrogen-bond donors (Lipinski definition) is 3. The Labute approximate surface area is 153 Å². The zero-order valence-corrected chi connectivity index (χ0v) is 15.8. The second kappa shape index (κ2) is 10.3. The Kier molecular flexibility index (Phi) is 8.41. The molecule has 0 saturated carbocycles. The van der Waals surface area contributed by atoms with Crippen LogP contribution in [0, 0.1) is 5.92 Å². The molecule has 0 heterocycles. The Bertz CT molecular complexity index is 616. The van der Waals surface area contributed by atoms with Crippen molar-refractivity contribution in [3.05, 3.63) is 24.3 Å². The molecule has 144 valence electrons. The molecule has 26 heavy (non-hydrogen) atoms. The number of ether oxygens (including phenoxy) is 2. The smallest absolute Gasteiger partial charge is 0.279 e. The van der Waals surface area contributed by atoms with Crippen LogP contribution in [0.15, 0.2) is 24.3 Å². The number of rotatable bonds is 8. The zero-order chi connectivity index (χ0) is 19.7. The van der Waals surface area contributed by atoms with Crippen LogP contribution in [0.25, 0.3) is 0 Å². The van der Waals surface area contributed by atoms with Crippen molar-refractivity contribution >= 4 is 17.7 Å². The van der Waals surface area contributed by atoms with Crippen molar-refractivity contribution in [3.8, 4) is 11.5 Å². The van der Waals surface area contributed by atoms with Gasteiger partial charge in [0.25, 0.3) is 11.8 Å². The fourth-order valence-electron chi connectivity index (χ4n) is 2.10. The Morgan fingerprint density at radius 2 is 1.50 bits per heavy atom. The maximum absolute atomic E-state index is 12.1. The minimum Gasteiger partial charge on any atom is -0.494 e. The van der Waals surface area contributed by atoms with Gasteiger partial charge in [-0.2, -0.15) is 0 Å². The summed E-state index contributed by atoms with van der Waals surface area (Å²) in [6.45, 7) is 8.93. The molecule has 0 aliphatic rings. The standard InChI is InChI=1S/C18H27N3O5/c1-6-25-14-7-9-15(10-8-14)26-12(4)17(23)20-21-18(24)16(11(2)3)19-13(5)22/h7-12,16H,6H2,1-5H3,(H,19,22)(H,20,23)(H,21,24)/t12-,16-/m0/s1. The van der Waals surface area contributed by atoms with E-state index in [-0.39, 0.29) is 11.8 Å². The first-order valence-corrected chi connectivity index (χ1v) is 8.50. The highest BCUT2D eigenvalue weighted by Gasteiger charge is 2.24. The molecule has 8 nitrogen and oxygen atoms in total. The number of hydrogen-bond acceptors (Lipinski definition) is 5. The van der Waals surface area contributed by atoms with Crippen molar-refractivity contribution < 1.29 is 23.9 Å². The average molecular weight is 365 g/mol. The molecule has 0 saturated heterocycles. The molecule has 0 bridgehead atoms. The predicted octanol–water partition coefficient (Wildman–Crippen LogP) is 1.16. The van der Waals surface area contributed by atoms with Crippen molar-refractivity contribution in [3.63, 3.8) is 0 Å². The highest BCUT2D eigenvalue weighted by molar-refractivity contribution is 5.89. The molecule has 1 aromatic rings. The first kappa shape index (κ1) is 21.3. The van der Waals surface area contributed by atoms with Crippen molar-refractivity contribution in [1.29, 1.82) is 0 Å². The van der Waals surface area contributed by atoms with Gasteiger partial charge in [-0.15, -0.1) is 0 Å². The number of carbonyl (C=O) groups excluding carboxylic acids is 3. The molecule has 0 aliphatic heterocycles. The van der Waals surface area contributed by atoms with Gasteiger partial charge in [-0.1, -0.05) is 13.8 Å². The van der Waals surface area contributed by atoms with Crippen LogP contribution in [0.1, 0.15) is 34.6 Å². The van der Waals surface area contributed by atoms with Crippen LogP contribution in [0.5, 0.6) is 11.5 Å². The maximum Gasteiger partial charge on any atom is 0.279 e. The number of amides is 3. The van der Waals surface area contributed by atoms with Crippen LogP contribution in [0.4, 0.5) is 0 Å². The predicted molar refractivity (Wildman–Crippen MR) is 96.4 cm³/mol. The van der Waals surface area contributed by atoms with Gasteiger partial charge < -0.3 is 14.8 Å². The van der Waals surface area contributed by atoms with Crippen molar-refractivity contribution in [1.82, 2.24) is 16.2 Å². The van der Waals surface area contributed by atoms with E-state index in [1.807, 2.05) is 6.92 Å². The fraction of sp³-hybridized carbons (Fsp3) is 0.500. The van der Waals surface area contributed by atoms with E-state index in [9.17, 15) is 14.4 Å². The lowest BCUT2D eigenvalue weighted by molar-refractivity contribution is -0.135. The van der Waals surface area contributed by atoms with E-state index in [0.29, 0.717) is 18.1 Å². The SMILES string of the molecule is CCOc1ccc(O[C@@H](C)C(=O)NNC(=O)[C@@H](NC(C)=O)C(C)C)cc1. The van der Waals surface area contributed by atoms with Gasteiger partial charge in [0.2, 0.25) is 5.91 Å². The minimum atomic E-state index is -0.827. The number of carbonyl (C=O) groups is 3. The molecule has 3 amide bonds. The summed E-state index contributed by atoms with van der Waals surface area (Å²) in [6, 6.07) is 6.13. The van der Waals surface area contributed by atoms with Crippen LogP contribution < -0.4 is 25.6 Å². The molecular weight excluding hydrogens is 338 g/mol. The van der Waals surface area contributed by atoms with Gasteiger partial charge in [-0.25, -0.2) is 0 Å². The van der Waals surface area contributed by atoms with Crippen molar-refractivity contribution in [2.45, 2.75) is 46.8 Å². The summed E-state index contributed by atoms with van der Waals surface area (Å²) in [5.74, 6) is -0.261. The molecule has 3 N–H and O–H groups in total. The summed E-state index contributed by atoms with van der Waals surface area (Å²) >= 11 is 0. The van der Waals surface area contributed by atoms with Crippen molar-refractivity contribution in [2.75, 3.05) is 6.61 Å². The van der Waals surface area contributed by atoms with E-state index in [1.54, 1.807) is 45.0 Å². The lowest BCUT2D eigenvalue weighted by atomic mass is 10.0. The molecule has 0 unspecified atom stereocenters. The molecule has 0 fully saturated rings. The minimum absolute atomic E-state index is 0.131. The molecule has 0 aliphatic carbocycles. The Morgan fingerprint density at radius 1 is 0.962 bits per heavy atom. The van der Waals surface area contributed by atoms with Crippen LogP contribution >= 0.6 is 0 Å². The Balaban J connectivity index is 2.52. The number of nitrogens with one attached hydrogen (secondary N) is 3. The van der Waals surface area contributed by atoms with Gasteiger partial charge in [0, 0.05) is 6.92 Å². The van der Waals surface area contributed by atoms with Gasteiger partial charge in [0.05, 0.1) is 6.61 Å². The number of benzene rings is 1. The van der Waals surface area contributed by atoms with Gasteiger partial charge >= 0.3 is 0 Å². The van der Waals surface area contributed by atoms with E-state index in [4.69, 9.17) is 9.47 Å². The molecule has 0 spiro atoms. The third-order valence-corrected chi connectivity index (χ3v) is 3.43.